The number of ether oxygens (including phenoxy) is 1. The van der Waals surface area contributed by atoms with Gasteiger partial charge in [-0.05, 0) is 36.8 Å². The van der Waals surface area contributed by atoms with Crippen molar-refractivity contribution in [3.8, 4) is 0 Å². The summed E-state index contributed by atoms with van der Waals surface area (Å²) in [7, 11) is 1.36. The van der Waals surface area contributed by atoms with E-state index in [-0.39, 0.29) is 12.6 Å². The maximum absolute atomic E-state index is 11.5. The van der Waals surface area contributed by atoms with Gasteiger partial charge < -0.3 is 15.2 Å². The van der Waals surface area contributed by atoms with E-state index in [2.05, 4.69) is 10.3 Å². The van der Waals surface area contributed by atoms with Gasteiger partial charge in [-0.1, -0.05) is 12.8 Å². The van der Waals surface area contributed by atoms with E-state index in [1.54, 1.807) is 18.3 Å². The molecular formula is C15H22N2O3. The first-order valence-corrected chi connectivity index (χ1v) is 7.13. The Balaban J connectivity index is 1.94. The molecule has 0 radical (unpaired) electrons. The van der Waals surface area contributed by atoms with Gasteiger partial charge in [-0.15, -0.1) is 0 Å². The fraction of sp³-hybridized carbons (Fsp3) is 0.600. The van der Waals surface area contributed by atoms with Crippen LogP contribution in [0.3, 0.4) is 0 Å². The molecule has 0 aromatic carbocycles. The molecule has 2 rings (SSSR count). The van der Waals surface area contributed by atoms with Gasteiger partial charge in [0.05, 0.1) is 12.7 Å². The molecule has 20 heavy (non-hydrogen) atoms. The third-order valence-corrected chi connectivity index (χ3v) is 4.03. The minimum absolute atomic E-state index is 0.252. The molecule has 1 aromatic heterocycles. The number of pyridine rings is 1. The van der Waals surface area contributed by atoms with E-state index in [0.717, 1.165) is 19.4 Å². The third kappa shape index (κ3) is 3.70. The van der Waals surface area contributed by atoms with Crippen molar-refractivity contribution in [2.75, 3.05) is 25.6 Å². The highest BCUT2D eigenvalue weighted by Gasteiger charge is 2.24. The van der Waals surface area contributed by atoms with E-state index in [1.807, 2.05) is 0 Å². The molecule has 2 atom stereocenters. The van der Waals surface area contributed by atoms with Gasteiger partial charge in [0.25, 0.3) is 0 Å². The molecule has 110 valence electrons. The van der Waals surface area contributed by atoms with Crippen LogP contribution < -0.4 is 5.32 Å². The van der Waals surface area contributed by atoms with Gasteiger partial charge in [0.1, 0.15) is 5.82 Å². The molecule has 0 saturated heterocycles. The number of hydrogen-bond acceptors (Lipinski definition) is 5. The number of carbonyl (C=O) groups is 1. The summed E-state index contributed by atoms with van der Waals surface area (Å²) in [5, 5.41) is 12.7. The lowest BCUT2D eigenvalue weighted by molar-refractivity contribution is 0.0600. The van der Waals surface area contributed by atoms with Gasteiger partial charge in [0, 0.05) is 19.3 Å². The number of aliphatic hydroxyl groups excluding tert-OH is 1. The van der Waals surface area contributed by atoms with E-state index in [0.29, 0.717) is 23.2 Å². The number of methoxy groups -OCH3 is 1. The molecule has 0 bridgehead atoms. The molecule has 2 unspecified atom stereocenters. The Kier molecular flexibility index (Phi) is 5.35. The molecule has 5 nitrogen and oxygen atoms in total. The van der Waals surface area contributed by atoms with Crippen LogP contribution in [0.2, 0.25) is 0 Å². The molecule has 1 saturated carbocycles. The lowest BCUT2D eigenvalue weighted by atomic mass is 9.79. The molecule has 1 fully saturated rings. The number of nitrogens with one attached hydrogen (secondary N) is 1. The predicted octanol–water partition coefficient (Wildman–Crippen LogP) is 2.08. The zero-order valence-electron chi connectivity index (χ0n) is 11.8. The monoisotopic (exact) mass is 278 g/mol. The summed E-state index contributed by atoms with van der Waals surface area (Å²) in [5.74, 6) is 1.16. The van der Waals surface area contributed by atoms with Crippen molar-refractivity contribution in [3.05, 3.63) is 23.9 Å². The second kappa shape index (κ2) is 7.24. The van der Waals surface area contributed by atoms with Crippen LogP contribution in [0.5, 0.6) is 0 Å². The van der Waals surface area contributed by atoms with Crippen molar-refractivity contribution in [2.45, 2.75) is 25.7 Å². The van der Waals surface area contributed by atoms with Crippen molar-refractivity contribution < 1.29 is 14.6 Å². The first kappa shape index (κ1) is 14.8. The average Bonchev–Trinajstić information content (AvgIpc) is 2.52. The van der Waals surface area contributed by atoms with Gasteiger partial charge in [-0.2, -0.15) is 0 Å². The van der Waals surface area contributed by atoms with Crippen molar-refractivity contribution in [1.29, 1.82) is 0 Å². The van der Waals surface area contributed by atoms with Gasteiger partial charge in [-0.3, -0.25) is 0 Å². The Bertz CT molecular complexity index is 450. The summed E-state index contributed by atoms with van der Waals surface area (Å²) in [5.41, 5.74) is 0.493. The number of carbonyl (C=O) groups excluding carboxylic acids is 1. The van der Waals surface area contributed by atoms with Crippen LogP contribution in [0.4, 0.5) is 5.82 Å². The zero-order valence-corrected chi connectivity index (χ0v) is 11.8. The quantitative estimate of drug-likeness (QED) is 0.807. The molecule has 2 N–H and O–H groups in total. The highest BCUT2D eigenvalue weighted by atomic mass is 16.5. The minimum Gasteiger partial charge on any atom is -0.465 e. The predicted molar refractivity (Wildman–Crippen MR) is 76.6 cm³/mol. The molecule has 0 aliphatic heterocycles. The van der Waals surface area contributed by atoms with Crippen LogP contribution >= 0.6 is 0 Å². The fourth-order valence-electron chi connectivity index (χ4n) is 2.80. The second-order valence-corrected chi connectivity index (χ2v) is 5.29. The number of aromatic nitrogens is 1. The molecule has 1 aliphatic rings. The Morgan fingerprint density at radius 3 is 2.90 bits per heavy atom. The second-order valence-electron chi connectivity index (χ2n) is 5.29. The normalized spacial score (nSPS) is 22.3. The molecule has 0 amide bonds. The van der Waals surface area contributed by atoms with Gasteiger partial charge in [-0.25, -0.2) is 9.78 Å². The summed E-state index contributed by atoms with van der Waals surface area (Å²) in [6, 6.07) is 3.33. The van der Waals surface area contributed by atoms with E-state index in [9.17, 15) is 9.90 Å². The summed E-state index contributed by atoms with van der Waals surface area (Å²) < 4.78 is 4.69. The Morgan fingerprint density at radius 1 is 1.45 bits per heavy atom. The van der Waals surface area contributed by atoms with E-state index >= 15 is 0 Å². The number of hydrogen-bond donors (Lipinski definition) is 2. The van der Waals surface area contributed by atoms with Crippen LogP contribution in [0.25, 0.3) is 0 Å². The van der Waals surface area contributed by atoms with Crippen LogP contribution in [0.15, 0.2) is 18.3 Å². The minimum atomic E-state index is -0.360. The van der Waals surface area contributed by atoms with Crippen LogP contribution in [0.1, 0.15) is 36.0 Å². The van der Waals surface area contributed by atoms with E-state index in [4.69, 9.17) is 4.74 Å². The first-order chi connectivity index (χ1) is 9.74. The number of anilines is 1. The summed E-state index contributed by atoms with van der Waals surface area (Å²) in [6.07, 6.45) is 6.25. The summed E-state index contributed by atoms with van der Waals surface area (Å²) in [4.78, 5) is 15.7. The Morgan fingerprint density at radius 2 is 2.20 bits per heavy atom. The average molecular weight is 278 g/mol. The Labute approximate surface area is 119 Å². The van der Waals surface area contributed by atoms with Crippen LogP contribution in [0, 0.1) is 11.8 Å². The maximum atomic E-state index is 11.5. The van der Waals surface area contributed by atoms with Crippen molar-refractivity contribution in [1.82, 2.24) is 4.98 Å². The fourth-order valence-corrected chi connectivity index (χ4v) is 2.80. The topological polar surface area (TPSA) is 71.5 Å². The zero-order chi connectivity index (χ0) is 14.4. The highest BCUT2D eigenvalue weighted by Crippen LogP contribution is 2.29. The molecular weight excluding hydrogens is 256 g/mol. The van der Waals surface area contributed by atoms with Gasteiger partial charge in [0.15, 0.2) is 0 Å². The van der Waals surface area contributed by atoms with Crippen LogP contribution in [-0.4, -0.2) is 36.3 Å². The van der Waals surface area contributed by atoms with E-state index < -0.39 is 0 Å². The molecule has 1 aliphatic carbocycles. The first-order valence-electron chi connectivity index (χ1n) is 7.13. The SMILES string of the molecule is COC(=O)c1ccnc(NCC2CCCCC2CO)c1. The Hall–Kier alpha value is -1.62. The number of aliphatic hydroxyl groups is 1. The highest BCUT2D eigenvalue weighted by molar-refractivity contribution is 5.89. The standard InChI is InChI=1S/C15H22N2O3/c1-20-15(19)11-6-7-16-14(8-11)17-9-12-4-2-3-5-13(12)10-18/h6-8,12-13,18H,2-5,9-10H2,1H3,(H,16,17). The van der Waals surface area contributed by atoms with E-state index in [1.165, 1.54) is 20.0 Å². The number of esters is 1. The van der Waals surface area contributed by atoms with Crippen molar-refractivity contribution >= 4 is 11.8 Å². The van der Waals surface area contributed by atoms with Crippen molar-refractivity contribution in [2.24, 2.45) is 11.8 Å². The lowest BCUT2D eigenvalue weighted by Gasteiger charge is -2.30. The van der Waals surface area contributed by atoms with Gasteiger partial charge in [0.2, 0.25) is 0 Å². The lowest BCUT2D eigenvalue weighted by Crippen LogP contribution is -2.28. The largest absolute Gasteiger partial charge is 0.465 e. The summed E-state index contributed by atoms with van der Waals surface area (Å²) in [6.45, 7) is 1.03. The molecule has 5 heteroatoms. The maximum Gasteiger partial charge on any atom is 0.338 e. The number of nitrogens with zero attached hydrogens (tertiary/aromatic N) is 1. The molecule has 1 aromatic rings. The van der Waals surface area contributed by atoms with Gasteiger partial charge >= 0.3 is 5.97 Å². The van der Waals surface area contributed by atoms with Crippen molar-refractivity contribution in [3.63, 3.8) is 0 Å². The smallest absolute Gasteiger partial charge is 0.338 e. The summed E-state index contributed by atoms with van der Waals surface area (Å²) >= 11 is 0. The third-order valence-electron chi connectivity index (χ3n) is 4.03. The molecule has 1 heterocycles. The molecule has 0 spiro atoms. The van der Waals surface area contributed by atoms with Crippen LogP contribution in [-0.2, 0) is 4.74 Å². The number of rotatable bonds is 5.